The van der Waals surface area contributed by atoms with Gasteiger partial charge in [-0.15, -0.1) is 11.3 Å². The molecule has 2 rings (SSSR count). The number of likely N-dealkylation sites (N-methyl/N-ethyl adjacent to an activating group) is 1. The maximum atomic E-state index is 4.77. The van der Waals surface area contributed by atoms with Crippen LogP contribution in [0.5, 0.6) is 0 Å². The van der Waals surface area contributed by atoms with E-state index in [1.807, 2.05) is 11.3 Å². The lowest BCUT2D eigenvalue weighted by molar-refractivity contribution is 0.303. The van der Waals surface area contributed by atoms with Crippen molar-refractivity contribution >= 4 is 11.3 Å². The lowest BCUT2D eigenvalue weighted by atomic mass is 10.2. The van der Waals surface area contributed by atoms with E-state index >= 15 is 0 Å². The van der Waals surface area contributed by atoms with Crippen LogP contribution in [0, 0.1) is 0 Å². The first-order valence-corrected chi connectivity index (χ1v) is 6.73. The molecule has 2 heterocycles. The summed E-state index contributed by atoms with van der Waals surface area (Å²) in [4.78, 5) is 8.82. The quantitative estimate of drug-likeness (QED) is 0.768. The molecule has 0 bridgehead atoms. The summed E-state index contributed by atoms with van der Waals surface area (Å²) < 4.78 is 0. The SMILES string of the molecule is CCN1CCc2nc(C(C)C)sc2CC1. The molecule has 0 aliphatic carbocycles. The fourth-order valence-corrected chi connectivity index (χ4v) is 3.10. The molecule has 15 heavy (non-hydrogen) atoms. The van der Waals surface area contributed by atoms with Crippen LogP contribution in [-0.2, 0) is 12.8 Å². The highest BCUT2D eigenvalue weighted by atomic mass is 32.1. The first-order chi connectivity index (χ1) is 7.20. The molecule has 1 aliphatic rings. The van der Waals surface area contributed by atoms with Gasteiger partial charge in [-0.25, -0.2) is 4.98 Å². The van der Waals surface area contributed by atoms with Gasteiger partial charge in [-0.3, -0.25) is 0 Å². The van der Waals surface area contributed by atoms with Crippen LogP contribution in [0.4, 0.5) is 0 Å². The summed E-state index contributed by atoms with van der Waals surface area (Å²) in [5, 5.41) is 1.32. The second-order valence-corrected chi connectivity index (χ2v) is 5.63. The minimum Gasteiger partial charge on any atom is -0.303 e. The molecule has 0 amide bonds. The molecule has 1 aliphatic heterocycles. The molecule has 0 unspecified atom stereocenters. The van der Waals surface area contributed by atoms with Crippen LogP contribution in [0.25, 0.3) is 0 Å². The highest BCUT2D eigenvalue weighted by molar-refractivity contribution is 7.11. The maximum Gasteiger partial charge on any atom is 0.0956 e. The van der Waals surface area contributed by atoms with Gasteiger partial charge in [-0.1, -0.05) is 20.8 Å². The summed E-state index contributed by atoms with van der Waals surface area (Å²) in [7, 11) is 0. The number of hydrogen-bond acceptors (Lipinski definition) is 3. The van der Waals surface area contributed by atoms with E-state index in [-0.39, 0.29) is 0 Å². The monoisotopic (exact) mass is 224 g/mol. The van der Waals surface area contributed by atoms with Gasteiger partial charge in [-0.05, 0) is 13.0 Å². The van der Waals surface area contributed by atoms with Crippen molar-refractivity contribution in [2.45, 2.75) is 39.5 Å². The van der Waals surface area contributed by atoms with E-state index in [1.165, 1.54) is 41.6 Å². The van der Waals surface area contributed by atoms with E-state index in [4.69, 9.17) is 4.98 Å². The number of hydrogen-bond donors (Lipinski definition) is 0. The predicted molar refractivity (Wildman–Crippen MR) is 65.7 cm³/mol. The van der Waals surface area contributed by atoms with Crippen molar-refractivity contribution in [2.24, 2.45) is 0 Å². The third kappa shape index (κ3) is 2.40. The predicted octanol–water partition coefficient (Wildman–Crippen LogP) is 2.69. The van der Waals surface area contributed by atoms with Crippen LogP contribution in [0.15, 0.2) is 0 Å². The topological polar surface area (TPSA) is 16.1 Å². The van der Waals surface area contributed by atoms with E-state index in [9.17, 15) is 0 Å². The minimum absolute atomic E-state index is 0.587. The van der Waals surface area contributed by atoms with Crippen molar-refractivity contribution in [1.29, 1.82) is 0 Å². The average Bonchev–Trinajstić information content (AvgIpc) is 2.53. The summed E-state index contributed by atoms with van der Waals surface area (Å²) in [6.07, 6.45) is 2.35. The highest BCUT2D eigenvalue weighted by Crippen LogP contribution is 2.27. The van der Waals surface area contributed by atoms with Crippen molar-refractivity contribution in [3.05, 3.63) is 15.6 Å². The van der Waals surface area contributed by atoms with Crippen LogP contribution < -0.4 is 0 Å². The molecule has 2 nitrogen and oxygen atoms in total. The lowest BCUT2D eigenvalue weighted by Crippen LogP contribution is -2.25. The van der Waals surface area contributed by atoms with Gasteiger partial charge in [0, 0.05) is 30.3 Å². The average molecular weight is 224 g/mol. The molecule has 3 heteroatoms. The summed E-state index contributed by atoms with van der Waals surface area (Å²) in [6.45, 7) is 10.3. The Bertz CT molecular complexity index is 305. The standard InChI is InChI=1S/C12H20N2S/c1-4-14-7-5-10-11(6-8-14)15-12(13-10)9(2)3/h9H,4-8H2,1-3H3. The molecule has 0 atom stereocenters. The first-order valence-electron chi connectivity index (χ1n) is 5.91. The van der Waals surface area contributed by atoms with Gasteiger partial charge < -0.3 is 4.90 Å². The van der Waals surface area contributed by atoms with Crippen LogP contribution in [0.3, 0.4) is 0 Å². The van der Waals surface area contributed by atoms with Gasteiger partial charge >= 0.3 is 0 Å². The normalized spacial score (nSPS) is 17.9. The Morgan fingerprint density at radius 2 is 2.07 bits per heavy atom. The zero-order chi connectivity index (χ0) is 10.8. The Balaban J connectivity index is 2.15. The van der Waals surface area contributed by atoms with Gasteiger partial charge in [0.15, 0.2) is 0 Å². The molecule has 0 fully saturated rings. The molecule has 0 N–H and O–H groups in total. The zero-order valence-electron chi connectivity index (χ0n) is 9.92. The largest absolute Gasteiger partial charge is 0.303 e. The van der Waals surface area contributed by atoms with Crippen molar-refractivity contribution in [3.63, 3.8) is 0 Å². The molecule has 0 spiro atoms. The van der Waals surface area contributed by atoms with Crippen LogP contribution >= 0.6 is 11.3 Å². The van der Waals surface area contributed by atoms with Crippen LogP contribution in [-0.4, -0.2) is 29.5 Å². The molecule has 0 saturated carbocycles. The van der Waals surface area contributed by atoms with E-state index in [1.54, 1.807) is 0 Å². The van der Waals surface area contributed by atoms with Crippen molar-refractivity contribution < 1.29 is 0 Å². The lowest BCUT2D eigenvalue weighted by Gasteiger charge is -2.16. The summed E-state index contributed by atoms with van der Waals surface area (Å²) >= 11 is 1.93. The molecular weight excluding hydrogens is 204 g/mol. The van der Waals surface area contributed by atoms with Crippen LogP contribution in [0.2, 0.25) is 0 Å². The highest BCUT2D eigenvalue weighted by Gasteiger charge is 2.18. The molecule has 0 saturated heterocycles. The smallest absolute Gasteiger partial charge is 0.0956 e. The second kappa shape index (κ2) is 4.62. The molecule has 84 valence electrons. The summed E-state index contributed by atoms with van der Waals surface area (Å²) in [5.41, 5.74) is 1.37. The summed E-state index contributed by atoms with van der Waals surface area (Å²) in [5.74, 6) is 0.587. The molecule has 0 radical (unpaired) electrons. The molecule has 0 aromatic carbocycles. The Morgan fingerprint density at radius 3 is 2.73 bits per heavy atom. The third-order valence-corrected chi connectivity index (χ3v) is 4.51. The van der Waals surface area contributed by atoms with Crippen molar-refractivity contribution in [3.8, 4) is 0 Å². The Labute approximate surface area is 96.3 Å². The zero-order valence-corrected chi connectivity index (χ0v) is 10.7. The summed E-state index contributed by atoms with van der Waals surface area (Å²) in [6, 6.07) is 0. The van der Waals surface area contributed by atoms with Crippen molar-refractivity contribution in [1.82, 2.24) is 9.88 Å². The Kier molecular flexibility index (Phi) is 3.42. The minimum atomic E-state index is 0.587. The van der Waals surface area contributed by atoms with Gasteiger partial charge in [0.1, 0.15) is 0 Å². The van der Waals surface area contributed by atoms with E-state index in [0.29, 0.717) is 5.92 Å². The Hall–Kier alpha value is -0.410. The Morgan fingerprint density at radius 1 is 1.33 bits per heavy atom. The maximum absolute atomic E-state index is 4.77. The van der Waals surface area contributed by atoms with Gasteiger partial charge in [0.05, 0.1) is 10.7 Å². The second-order valence-electron chi connectivity index (χ2n) is 4.51. The molecule has 1 aromatic heterocycles. The molecular formula is C12H20N2S. The van der Waals surface area contributed by atoms with Gasteiger partial charge in [0.25, 0.3) is 0 Å². The first kappa shape index (κ1) is 11.1. The molecule has 1 aromatic rings. The van der Waals surface area contributed by atoms with Crippen LogP contribution in [0.1, 0.15) is 42.3 Å². The number of thiazole rings is 1. The number of nitrogens with zero attached hydrogens (tertiary/aromatic N) is 2. The van der Waals surface area contributed by atoms with Crippen molar-refractivity contribution in [2.75, 3.05) is 19.6 Å². The van der Waals surface area contributed by atoms with Gasteiger partial charge in [0.2, 0.25) is 0 Å². The van der Waals surface area contributed by atoms with E-state index in [2.05, 4.69) is 25.7 Å². The van der Waals surface area contributed by atoms with E-state index in [0.717, 1.165) is 6.42 Å². The van der Waals surface area contributed by atoms with Gasteiger partial charge in [-0.2, -0.15) is 0 Å². The number of rotatable bonds is 2. The third-order valence-electron chi connectivity index (χ3n) is 3.06. The van der Waals surface area contributed by atoms with E-state index < -0.39 is 0 Å². The fourth-order valence-electron chi connectivity index (χ4n) is 1.99. The number of aromatic nitrogens is 1. The fraction of sp³-hybridized carbons (Fsp3) is 0.750. The number of fused-ring (bicyclic) bond motifs is 1.